The molecule has 2 N–H and O–H groups in total. The molecule has 70 valence electrons. The molecule has 0 aromatic rings. The topological polar surface area (TPSA) is 73.5 Å². The quantitative estimate of drug-likeness (QED) is 0.428. The number of carbonyl (C=O) groups excluding carboxylic acids is 1. The maximum absolute atomic E-state index is 10.9. The fraction of sp³-hybridized carbons (Fsp3) is 0.286. The van der Waals surface area contributed by atoms with Gasteiger partial charge in [0.25, 0.3) is 0 Å². The van der Waals surface area contributed by atoms with Gasteiger partial charge < -0.3 is 0 Å². The van der Waals surface area contributed by atoms with Crippen LogP contribution in [0.25, 0.3) is 0 Å². The minimum absolute atomic E-state index is 0.262. The van der Waals surface area contributed by atoms with Crippen LogP contribution in [0.4, 0.5) is 0 Å². The van der Waals surface area contributed by atoms with Gasteiger partial charge in [0, 0.05) is 0 Å². The monoisotopic (exact) mass is 520 g/mol. The second-order valence-corrected chi connectivity index (χ2v) is 5.16. The maximum atomic E-state index is 10.9. The molecule has 4 nitrogen and oxygen atoms in total. The van der Waals surface area contributed by atoms with Crippen molar-refractivity contribution in [2.75, 3.05) is 0 Å². The minimum atomic E-state index is -0.664. The van der Waals surface area contributed by atoms with Crippen LogP contribution in [-0.2, 0) is 43.8 Å². The normalized spacial score (nSPS) is 11.5. The van der Waals surface area contributed by atoms with E-state index in [9.17, 15) is 9.90 Å². The number of nitrogens with zero attached hydrogens (tertiary/aromatic N) is 1. The number of rotatable bonds is 3. The molecular weight excluding hydrogens is 512 g/mol. The van der Waals surface area contributed by atoms with Crippen molar-refractivity contribution in [1.29, 1.82) is 5.41 Å². The zero-order valence-electron chi connectivity index (χ0n) is 7.12. The van der Waals surface area contributed by atoms with Gasteiger partial charge in [0.05, 0.1) is 0 Å². The summed E-state index contributed by atoms with van der Waals surface area (Å²) < 4.78 is 4.33. The fourth-order valence-electron chi connectivity index (χ4n) is 0.501. The number of aliphatic hydroxyl groups excluding tert-OH is 1. The Hall–Kier alpha value is -0.0734. The van der Waals surface area contributed by atoms with Gasteiger partial charge in [-0.05, 0) is 0 Å². The van der Waals surface area contributed by atoms with E-state index >= 15 is 0 Å². The van der Waals surface area contributed by atoms with E-state index in [-0.39, 0.29) is 5.76 Å². The average molecular weight is 520 g/mol. The van der Waals surface area contributed by atoms with Crippen LogP contribution in [0.3, 0.4) is 0 Å². The summed E-state index contributed by atoms with van der Waals surface area (Å²) in [6.07, 6.45) is 0. The van der Waals surface area contributed by atoms with Crippen LogP contribution in [-0.4, -0.2) is 20.6 Å². The Balaban J connectivity index is 4.99. The van der Waals surface area contributed by atoms with Gasteiger partial charge in [0.2, 0.25) is 0 Å². The second-order valence-electron chi connectivity index (χ2n) is 2.30. The Labute approximate surface area is 98.1 Å². The van der Waals surface area contributed by atoms with Gasteiger partial charge in [0.15, 0.2) is 0 Å². The molecule has 0 aliphatic rings. The molecule has 0 radical (unpaired) electrons. The van der Waals surface area contributed by atoms with E-state index in [1.54, 1.807) is 6.92 Å². The van der Waals surface area contributed by atoms with Gasteiger partial charge in [-0.2, -0.15) is 0 Å². The molecule has 6 heteroatoms. The predicted molar refractivity (Wildman–Crippen MR) is 41.2 cm³/mol. The zero-order chi connectivity index (χ0) is 10.6. The summed E-state index contributed by atoms with van der Waals surface area (Å²) in [6, 6.07) is 0. The van der Waals surface area contributed by atoms with E-state index in [1.165, 1.54) is 19.4 Å². The van der Waals surface area contributed by atoms with Crippen molar-refractivity contribution in [3.05, 3.63) is 11.3 Å². The van der Waals surface area contributed by atoms with E-state index in [1.807, 2.05) is 6.92 Å². The summed E-state index contributed by atoms with van der Waals surface area (Å²) >= 11 is 1.94. The SMILES string of the molecule is C[C](=[W])C(C)=C(O)C(=N)C(=O)[N]=[W]. The van der Waals surface area contributed by atoms with Crippen molar-refractivity contribution in [2.45, 2.75) is 13.8 Å². The number of nitrogens with one attached hydrogen (secondary N) is 1. The van der Waals surface area contributed by atoms with Gasteiger partial charge in [-0.3, -0.25) is 0 Å². The first-order chi connectivity index (χ1) is 5.91. The number of aliphatic hydroxyl groups is 1. The van der Waals surface area contributed by atoms with Gasteiger partial charge in [-0.1, -0.05) is 0 Å². The van der Waals surface area contributed by atoms with Crippen LogP contribution in [0.5, 0.6) is 0 Å². The molecule has 0 aromatic heterocycles. The molecule has 0 aliphatic carbocycles. The molecule has 0 saturated heterocycles. The molecule has 0 aliphatic heterocycles. The Morgan fingerprint density at radius 1 is 1.46 bits per heavy atom. The second kappa shape index (κ2) is 5.61. The number of amides is 1. The molecule has 0 aromatic carbocycles. The van der Waals surface area contributed by atoms with Crippen molar-refractivity contribution in [1.82, 2.24) is 0 Å². The first-order valence-electron chi connectivity index (χ1n) is 3.29. The molecule has 0 unspecified atom stereocenters. The Bertz CT molecular complexity index is 320. The molecule has 0 atom stereocenters. The van der Waals surface area contributed by atoms with Crippen molar-refractivity contribution in [3.63, 3.8) is 0 Å². The molecule has 13 heavy (non-hydrogen) atoms. The van der Waals surface area contributed by atoms with Crippen LogP contribution in [0.1, 0.15) is 13.8 Å². The molecule has 0 bridgehead atoms. The third-order valence-electron chi connectivity index (χ3n) is 1.42. The molecule has 0 spiro atoms. The van der Waals surface area contributed by atoms with Crippen molar-refractivity contribution < 1.29 is 48.9 Å². The van der Waals surface area contributed by atoms with Crippen molar-refractivity contribution in [3.8, 4) is 0 Å². The van der Waals surface area contributed by atoms with Crippen LogP contribution in [0.2, 0.25) is 0 Å². The van der Waals surface area contributed by atoms with Crippen LogP contribution in [0, 0.1) is 5.41 Å². The number of allylic oxidation sites excluding steroid dienone is 1. The fourth-order valence-corrected chi connectivity index (χ4v) is 1.18. The van der Waals surface area contributed by atoms with Gasteiger partial charge >= 0.3 is 98.5 Å². The van der Waals surface area contributed by atoms with Crippen molar-refractivity contribution in [2.24, 2.45) is 3.50 Å². The third-order valence-corrected chi connectivity index (χ3v) is 3.11. The van der Waals surface area contributed by atoms with Gasteiger partial charge in [-0.15, -0.1) is 0 Å². The van der Waals surface area contributed by atoms with E-state index in [2.05, 4.69) is 3.50 Å². The summed E-state index contributed by atoms with van der Waals surface area (Å²) in [5, 5.41) is 16.7. The van der Waals surface area contributed by atoms with E-state index in [0.29, 0.717) is 5.57 Å². The summed E-state index contributed by atoms with van der Waals surface area (Å²) in [4.78, 5) is 10.9. The standard InChI is InChI=1S/C7H8N2O2.2W/c1-3-4(2)6(10)5(8)7(9)11;;/h8,10H,1-2H3;;. The predicted octanol–water partition coefficient (Wildman–Crippen LogP) is 0.834. The number of carbonyl (C=O) groups is 1. The Morgan fingerprint density at radius 3 is 2.23 bits per heavy atom. The summed E-state index contributed by atoms with van der Waals surface area (Å²) in [6.45, 7) is 3.52. The summed E-state index contributed by atoms with van der Waals surface area (Å²) in [5.74, 6) is -0.925. The first-order valence-corrected chi connectivity index (χ1v) is 6.07. The van der Waals surface area contributed by atoms with Gasteiger partial charge in [-0.25, -0.2) is 0 Å². The zero-order valence-corrected chi connectivity index (χ0v) is 13.0. The number of hydrogen-bond acceptors (Lipinski definition) is 3. The Kier molecular flexibility index (Phi) is 5.58. The van der Waals surface area contributed by atoms with Crippen molar-refractivity contribution >= 4 is 15.5 Å². The molecular formula is C7H8N2O2W2. The Morgan fingerprint density at radius 2 is 1.92 bits per heavy atom. The third kappa shape index (κ3) is 3.66. The summed E-state index contributed by atoms with van der Waals surface area (Å²) in [7, 11) is 0. The summed E-state index contributed by atoms with van der Waals surface area (Å²) in [5.41, 5.74) is 0.167. The molecule has 0 fully saturated rings. The average Bonchev–Trinajstić information content (AvgIpc) is 2.12. The van der Waals surface area contributed by atoms with Gasteiger partial charge in [0.1, 0.15) is 0 Å². The number of hydrogen-bond donors (Lipinski definition) is 2. The molecule has 0 heterocycles. The molecule has 1 amide bonds. The van der Waals surface area contributed by atoms with Crippen LogP contribution >= 0.6 is 0 Å². The van der Waals surface area contributed by atoms with E-state index in [4.69, 9.17) is 5.41 Å². The van der Waals surface area contributed by atoms with Crippen LogP contribution in [0.15, 0.2) is 14.8 Å². The van der Waals surface area contributed by atoms with E-state index < -0.39 is 11.6 Å². The first kappa shape index (κ1) is 12.9. The van der Waals surface area contributed by atoms with E-state index in [0.717, 1.165) is 23.5 Å². The molecule has 0 saturated carbocycles. The molecule has 0 rings (SSSR count). The van der Waals surface area contributed by atoms with Crippen LogP contribution < -0.4 is 0 Å².